The molecule has 1 N–H and O–H groups in total. The fraction of sp³-hybridized carbons (Fsp3) is 0.375. The highest BCUT2D eigenvalue weighted by molar-refractivity contribution is 7.09. The average molecular weight is 309 g/mol. The zero-order valence-electron chi connectivity index (χ0n) is 12.2. The third kappa shape index (κ3) is 4.23. The lowest BCUT2D eigenvalue weighted by molar-refractivity contribution is 0.589. The summed E-state index contributed by atoms with van der Waals surface area (Å²) in [5, 5.41) is 6.32. The number of hydrogen-bond acceptors (Lipinski definition) is 3. The van der Waals surface area contributed by atoms with Crippen LogP contribution >= 0.6 is 22.9 Å². The normalized spacial score (nSPS) is 11.1. The third-order valence-corrected chi connectivity index (χ3v) is 4.27. The van der Waals surface area contributed by atoms with Gasteiger partial charge in [0.1, 0.15) is 0 Å². The Morgan fingerprint density at radius 2 is 2.10 bits per heavy atom. The van der Waals surface area contributed by atoms with Gasteiger partial charge in [0, 0.05) is 24.5 Å². The van der Waals surface area contributed by atoms with E-state index in [1.165, 1.54) is 10.4 Å². The van der Waals surface area contributed by atoms with E-state index in [1.807, 2.05) is 0 Å². The van der Waals surface area contributed by atoms with E-state index in [9.17, 15) is 0 Å². The molecule has 4 heteroatoms. The predicted molar refractivity (Wildman–Crippen MR) is 89.9 cm³/mol. The molecule has 2 rings (SSSR count). The van der Waals surface area contributed by atoms with Gasteiger partial charge in [-0.05, 0) is 29.1 Å². The maximum absolute atomic E-state index is 6.41. The molecular formula is C16H21ClN2S. The molecule has 1 aromatic carbocycles. The molecule has 0 saturated heterocycles. The first-order valence-corrected chi connectivity index (χ1v) is 8.07. The van der Waals surface area contributed by atoms with Gasteiger partial charge in [0.25, 0.3) is 0 Å². The van der Waals surface area contributed by atoms with Crippen LogP contribution in [0.4, 0.5) is 5.69 Å². The van der Waals surface area contributed by atoms with Gasteiger partial charge in [0.2, 0.25) is 0 Å². The maximum Gasteiger partial charge on any atom is 0.0642 e. The van der Waals surface area contributed by atoms with Crippen molar-refractivity contribution in [2.24, 2.45) is 0 Å². The molecule has 2 nitrogen and oxygen atoms in total. The Kier molecular flexibility index (Phi) is 5.46. The molecule has 0 unspecified atom stereocenters. The average Bonchev–Trinajstić information content (AvgIpc) is 2.89. The second kappa shape index (κ2) is 7.11. The van der Waals surface area contributed by atoms with Crippen molar-refractivity contribution in [3.63, 3.8) is 0 Å². The monoisotopic (exact) mass is 308 g/mol. The van der Waals surface area contributed by atoms with Gasteiger partial charge in [-0.1, -0.05) is 37.6 Å². The Morgan fingerprint density at radius 3 is 2.70 bits per heavy atom. The lowest BCUT2D eigenvalue weighted by Crippen LogP contribution is -2.22. The van der Waals surface area contributed by atoms with Crippen molar-refractivity contribution in [3.8, 4) is 0 Å². The number of halogens is 1. The maximum atomic E-state index is 6.41. The second-order valence-corrected chi connectivity index (χ2v) is 6.70. The van der Waals surface area contributed by atoms with Crippen LogP contribution in [0.2, 0.25) is 5.02 Å². The summed E-state index contributed by atoms with van der Waals surface area (Å²) in [6.45, 7) is 6.03. The van der Waals surface area contributed by atoms with E-state index >= 15 is 0 Å². The van der Waals surface area contributed by atoms with Crippen LogP contribution in [0.3, 0.4) is 0 Å². The fourth-order valence-electron chi connectivity index (χ4n) is 2.01. The molecule has 0 fully saturated rings. The van der Waals surface area contributed by atoms with E-state index in [-0.39, 0.29) is 0 Å². The first-order chi connectivity index (χ1) is 9.56. The predicted octanol–water partition coefficient (Wildman–Crippen LogP) is 4.54. The lowest BCUT2D eigenvalue weighted by Gasteiger charge is -2.20. The van der Waals surface area contributed by atoms with Gasteiger partial charge >= 0.3 is 0 Å². The number of anilines is 1. The molecule has 0 amide bonds. The van der Waals surface area contributed by atoms with Gasteiger partial charge < -0.3 is 10.2 Å². The van der Waals surface area contributed by atoms with Crippen molar-refractivity contribution < 1.29 is 0 Å². The van der Waals surface area contributed by atoms with Gasteiger partial charge in [0.15, 0.2) is 0 Å². The summed E-state index contributed by atoms with van der Waals surface area (Å²) in [4.78, 5) is 3.53. The van der Waals surface area contributed by atoms with E-state index < -0.39 is 0 Å². The van der Waals surface area contributed by atoms with E-state index in [4.69, 9.17) is 11.6 Å². The molecular weight excluding hydrogens is 288 g/mol. The number of benzene rings is 1. The Balaban J connectivity index is 2.05. The number of thiophene rings is 1. The van der Waals surface area contributed by atoms with Gasteiger partial charge in [-0.25, -0.2) is 0 Å². The molecule has 0 spiro atoms. The van der Waals surface area contributed by atoms with E-state index in [1.54, 1.807) is 11.3 Å². The van der Waals surface area contributed by atoms with Gasteiger partial charge in [0.05, 0.1) is 17.3 Å². The molecule has 20 heavy (non-hydrogen) atoms. The molecule has 0 aliphatic rings. The Hall–Kier alpha value is -1.03. The summed E-state index contributed by atoms with van der Waals surface area (Å²) in [5.41, 5.74) is 2.30. The quantitative estimate of drug-likeness (QED) is 0.843. The van der Waals surface area contributed by atoms with E-state index in [0.717, 1.165) is 23.8 Å². The number of nitrogens with zero attached hydrogens (tertiary/aromatic N) is 1. The standard InChI is InChI=1S/C16H21ClN2S/c1-12(2)18-10-13-6-7-16(15(17)9-13)19(3)11-14-5-4-8-20-14/h4-9,12,18H,10-11H2,1-3H3. The third-order valence-electron chi connectivity index (χ3n) is 3.11. The van der Waals surface area contributed by atoms with Crippen LogP contribution in [0.25, 0.3) is 0 Å². The number of nitrogens with one attached hydrogen (secondary N) is 1. The van der Waals surface area contributed by atoms with Crippen molar-refractivity contribution in [3.05, 3.63) is 51.2 Å². The largest absolute Gasteiger partial charge is 0.368 e. The molecule has 108 valence electrons. The van der Waals surface area contributed by atoms with E-state index in [0.29, 0.717) is 6.04 Å². The van der Waals surface area contributed by atoms with Crippen molar-refractivity contribution in [2.75, 3.05) is 11.9 Å². The summed E-state index contributed by atoms with van der Waals surface area (Å²) in [6.07, 6.45) is 0. The zero-order valence-corrected chi connectivity index (χ0v) is 13.8. The molecule has 0 radical (unpaired) electrons. The highest BCUT2D eigenvalue weighted by Crippen LogP contribution is 2.27. The van der Waals surface area contributed by atoms with Crippen LogP contribution < -0.4 is 10.2 Å². The minimum Gasteiger partial charge on any atom is -0.368 e. The molecule has 1 aromatic heterocycles. The number of rotatable bonds is 6. The molecule has 2 aromatic rings. The van der Waals surface area contributed by atoms with Crippen LogP contribution in [-0.2, 0) is 13.1 Å². The van der Waals surface area contributed by atoms with Crippen LogP contribution in [0.5, 0.6) is 0 Å². The molecule has 0 aliphatic heterocycles. The van der Waals surface area contributed by atoms with Crippen molar-refractivity contribution in [1.82, 2.24) is 5.32 Å². The summed E-state index contributed by atoms with van der Waals surface area (Å²) < 4.78 is 0. The van der Waals surface area contributed by atoms with Crippen LogP contribution in [-0.4, -0.2) is 13.1 Å². The first-order valence-electron chi connectivity index (χ1n) is 6.81. The topological polar surface area (TPSA) is 15.3 Å². The molecule has 0 bridgehead atoms. The summed E-state index contributed by atoms with van der Waals surface area (Å²) in [6, 6.07) is 11.0. The molecule has 0 atom stereocenters. The van der Waals surface area contributed by atoms with Crippen molar-refractivity contribution in [1.29, 1.82) is 0 Å². The SMILES string of the molecule is CC(C)NCc1ccc(N(C)Cc2cccs2)c(Cl)c1. The Morgan fingerprint density at radius 1 is 1.30 bits per heavy atom. The van der Waals surface area contributed by atoms with Crippen LogP contribution in [0.1, 0.15) is 24.3 Å². The number of hydrogen-bond donors (Lipinski definition) is 1. The molecule has 1 heterocycles. The van der Waals surface area contributed by atoms with Gasteiger partial charge in [-0.3, -0.25) is 0 Å². The molecule has 0 saturated carbocycles. The minimum atomic E-state index is 0.481. The van der Waals surface area contributed by atoms with E-state index in [2.05, 4.69) is 66.8 Å². The van der Waals surface area contributed by atoms with Gasteiger partial charge in [-0.2, -0.15) is 0 Å². The van der Waals surface area contributed by atoms with Crippen LogP contribution in [0.15, 0.2) is 35.7 Å². The smallest absolute Gasteiger partial charge is 0.0642 e. The van der Waals surface area contributed by atoms with Gasteiger partial charge in [-0.15, -0.1) is 11.3 Å². The van der Waals surface area contributed by atoms with Crippen molar-refractivity contribution in [2.45, 2.75) is 33.0 Å². The summed E-state index contributed by atoms with van der Waals surface area (Å²) >= 11 is 8.19. The Bertz CT molecular complexity index is 537. The second-order valence-electron chi connectivity index (χ2n) is 5.26. The zero-order chi connectivity index (χ0) is 14.5. The fourth-order valence-corrected chi connectivity index (χ4v) is 3.12. The highest BCUT2D eigenvalue weighted by atomic mass is 35.5. The summed E-state index contributed by atoms with van der Waals surface area (Å²) in [5.74, 6) is 0. The van der Waals surface area contributed by atoms with Crippen molar-refractivity contribution >= 4 is 28.6 Å². The van der Waals surface area contributed by atoms with Crippen LogP contribution in [0, 0.1) is 0 Å². The Labute approximate surface area is 130 Å². The highest BCUT2D eigenvalue weighted by Gasteiger charge is 2.08. The first kappa shape index (κ1) is 15.4. The lowest BCUT2D eigenvalue weighted by atomic mass is 10.2. The minimum absolute atomic E-state index is 0.481. The summed E-state index contributed by atoms with van der Waals surface area (Å²) in [7, 11) is 2.08. The molecule has 0 aliphatic carbocycles.